The summed E-state index contributed by atoms with van der Waals surface area (Å²) in [5.74, 6) is 1.73. The Morgan fingerprint density at radius 2 is 2.05 bits per heavy atom. The third-order valence-electron chi connectivity index (χ3n) is 3.53. The van der Waals surface area contributed by atoms with Gasteiger partial charge in [0.15, 0.2) is 5.82 Å². The van der Waals surface area contributed by atoms with Gasteiger partial charge in [0.2, 0.25) is 11.6 Å². The lowest BCUT2D eigenvalue weighted by molar-refractivity contribution is -0.127. The molecule has 1 amide bonds. The lowest BCUT2D eigenvalue weighted by Gasteiger charge is -2.40. The molecule has 1 aliphatic heterocycles. The Bertz CT molecular complexity index is 680. The van der Waals surface area contributed by atoms with Crippen LogP contribution < -0.4 is 10.2 Å². The monoisotopic (exact) mass is 288 g/mol. The first-order valence-electron chi connectivity index (χ1n) is 7.08. The Morgan fingerprint density at radius 3 is 2.71 bits per heavy atom. The number of carbonyl (C=O) groups is 1. The van der Waals surface area contributed by atoms with Crippen molar-refractivity contribution in [1.82, 2.24) is 24.9 Å². The Kier molecular flexibility index (Phi) is 3.07. The molecule has 112 valence electrons. The van der Waals surface area contributed by atoms with Crippen molar-refractivity contribution in [2.24, 2.45) is 5.92 Å². The quantitative estimate of drug-likeness (QED) is 0.884. The fourth-order valence-electron chi connectivity index (χ4n) is 2.44. The third-order valence-corrected chi connectivity index (χ3v) is 3.53. The van der Waals surface area contributed by atoms with Gasteiger partial charge in [-0.15, -0.1) is 10.2 Å². The molecular weight excluding hydrogens is 268 g/mol. The first-order chi connectivity index (χ1) is 9.85. The molecule has 2 aromatic heterocycles. The minimum atomic E-state index is -0.195. The molecule has 0 atom stereocenters. The van der Waals surface area contributed by atoms with E-state index in [2.05, 4.69) is 25.4 Å². The van der Waals surface area contributed by atoms with Crippen LogP contribution in [-0.2, 0) is 4.79 Å². The van der Waals surface area contributed by atoms with E-state index in [9.17, 15) is 4.79 Å². The number of nitrogens with zero attached hydrogens (tertiary/aromatic N) is 5. The summed E-state index contributed by atoms with van der Waals surface area (Å²) in [4.78, 5) is 18.5. The summed E-state index contributed by atoms with van der Waals surface area (Å²) < 4.78 is 1.91. The van der Waals surface area contributed by atoms with Gasteiger partial charge in [0.1, 0.15) is 5.82 Å². The minimum absolute atomic E-state index is 0.00954. The van der Waals surface area contributed by atoms with Gasteiger partial charge >= 0.3 is 0 Å². The number of hydrogen-bond acceptors (Lipinski definition) is 5. The number of amides is 1. The van der Waals surface area contributed by atoms with E-state index in [0.29, 0.717) is 13.1 Å². The predicted octanol–water partition coefficient (Wildman–Crippen LogP) is 0.784. The van der Waals surface area contributed by atoms with Crippen LogP contribution in [-0.4, -0.2) is 44.1 Å². The second kappa shape index (κ2) is 4.68. The number of carbonyl (C=O) groups excluding carboxylic acids is 1. The highest BCUT2D eigenvalue weighted by Crippen LogP contribution is 2.26. The molecule has 1 N–H and O–H groups in total. The molecule has 2 aromatic rings. The number of rotatable bonds is 2. The third kappa shape index (κ3) is 2.55. The zero-order chi connectivity index (χ0) is 15.2. The lowest BCUT2D eigenvalue weighted by atomic mass is 9.97. The molecule has 0 spiro atoms. The van der Waals surface area contributed by atoms with Crippen LogP contribution in [0.5, 0.6) is 0 Å². The number of aromatic nitrogens is 4. The second-order valence-electron chi connectivity index (χ2n) is 6.53. The normalized spacial score (nSPS) is 16.1. The number of aryl methyl sites for hydroxylation is 1. The first kappa shape index (κ1) is 13.8. The van der Waals surface area contributed by atoms with E-state index in [-0.39, 0.29) is 17.4 Å². The van der Waals surface area contributed by atoms with Crippen molar-refractivity contribution in [3.63, 3.8) is 0 Å². The molecule has 1 saturated heterocycles. The molecule has 1 fully saturated rings. The zero-order valence-electron chi connectivity index (χ0n) is 12.8. The van der Waals surface area contributed by atoms with E-state index >= 15 is 0 Å². The molecule has 1 aliphatic rings. The summed E-state index contributed by atoms with van der Waals surface area (Å²) in [6.45, 7) is 9.20. The molecule has 0 bridgehead atoms. The topological polar surface area (TPSA) is 75.4 Å². The maximum Gasteiger partial charge on any atom is 0.227 e. The van der Waals surface area contributed by atoms with Gasteiger partial charge in [-0.1, -0.05) is 0 Å². The number of fused-ring (bicyclic) bond motifs is 1. The average molecular weight is 288 g/mol. The van der Waals surface area contributed by atoms with Crippen molar-refractivity contribution in [3.8, 4) is 0 Å². The van der Waals surface area contributed by atoms with Crippen molar-refractivity contribution < 1.29 is 4.79 Å². The van der Waals surface area contributed by atoms with Gasteiger partial charge in [0.25, 0.3) is 0 Å². The summed E-state index contributed by atoms with van der Waals surface area (Å²) in [6.07, 6.45) is 3.58. The van der Waals surface area contributed by atoms with E-state index in [1.165, 1.54) is 0 Å². The average Bonchev–Trinajstić information content (AvgIpc) is 2.68. The smallest absolute Gasteiger partial charge is 0.227 e. The van der Waals surface area contributed by atoms with Gasteiger partial charge in [-0.3, -0.25) is 9.20 Å². The number of anilines is 1. The molecule has 0 radical (unpaired) electrons. The largest absolute Gasteiger partial charge is 0.352 e. The summed E-state index contributed by atoms with van der Waals surface area (Å²) in [6, 6.07) is 0. The van der Waals surface area contributed by atoms with Gasteiger partial charge in [-0.05, 0) is 27.7 Å². The maximum atomic E-state index is 12.1. The lowest BCUT2D eigenvalue weighted by Crippen LogP contribution is -2.57. The van der Waals surface area contributed by atoms with Gasteiger partial charge < -0.3 is 10.2 Å². The van der Waals surface area contributed by atoms with Crippen LogP contribution in [0.1, 0.15) is 26.6 Å². The van der Waals surface area contributed by atoms with Crippen LogP contribution in [0.3, 0.4) is 0 Å². The van der Waals surface area contributed by atoms with Crippen LogP contribution in [0.4, 0.5) is 5.82 Å². The minimum Gasteiger partial charge on any atom is -0.352 e. The highest BCUT2D eigenvalue weighted by Gasteiger charge is 2.36. The van der Waals surface area contributed by atoms with Gasteiger partial charge in [-0.2, -0.15) is 0 Å². The molecule has 0 aliphatic carbocycles. The van der Waals surface area contributed by atoms with Crippen LogP contribution in [0.15, 0.2) is 12.4 Å². The molecule has 0 aromatic carbocycles. The fourth-order valence-corrected chi connectivity index (χ4v) is 2.44. The number of nitrogens with one attached hydrogen (secondary N) is 1. The van der Waals surface area contributed by atoms with Crippen molar-refractivity contribution in [3.05, 3.63) is 18.2 Å². The van der Waals surface area contributed by atoms with E-state index in [1.54, 1.807) is 6.20 Å². The number of hydrogen-bond donors (Lipinski definition) is 1. The van der Waals surface area contributed by atoms with Crippen LogP contribution >= 0.6 is 0 Å². The Hall–Kier alpha value is -2.18. The molecule has 7 nitrogen and oxygen atoms in total. The molecule has 3 rings (SSSR count). The molecule has 3 heterocycles. The molecular formula is C14H20N6O. The van der Waals surface area contributed by atoms with Crippen LogP contribution in [0, 0.1) is 12.8 Å². The summed E-state index contributed by atoms with van der Waals surface area (Å²) in [5, 5.41) is 11.2. The van der Waals surface area contributed by atoms with Crippen LogP contribution in [0.25, 0.3) is 5.65 Å². The van der Waals surface area contributed by atoms with E-state index in [4.69, 9.17) is 0 Å². The Labute approximate surface area is 123 Å². The van der Waals surface area contributed by atoms with Crippen molar-refractivity contribution in [2.75, 3.05) is 18.0 Å². The van der Waals surface area contributed by atoms with Crippen molar-refractivity contribution >= 4 is 17.4 Å². The van der Waals surface area contributed by atoms with E-state index < -0.39 is 0 Å². The standard InChI is InChI=1S/C14H20N6O/c1-9-17-18-12-11(15-5-6-20(9)12)19-7-10(8-19)13(21)16-14(2,3)4/h5-6,10H,7-8H2,1-4H3,(H,16,21). The molecule has 7 heteroatoms. The second-order valence-corrected chi connectivity index (χ2v) is 6.53. The van der Waals surface area contributed by atoms with Crippen LogP contribution in [0.2, 0.25) is 0 Å². The van der Waals surface area contributed by atoms with Gasteiger partial charge in [-0.25, -0.2) is 4.98 Å². The highest BCUT2D eigenvalue weighted by atomic mass is 16.2. The van der Waals surface area contributed by atoms with Gasteiger partial charge in [0.05, 0.1) is 5.92 Å². The highest BCUT2D eigenvalue weighted by molar-refractivity contribution is 5.83. The predicted molar refractivity (Wildman–Crippen MR) is 79.1 cm³/mol. The Balaban J connectivity index is 1.72. The molecule has 0 saturated carbocycles. The molecule has 21 heavy (non-hydrogen) atoms. The fraction of sp³-hybridized carbons (Fsp3) is 0.571. The van der Waals surface area contributed by atoms with Crippen molar-refractivity contribution in [2.45, 2.75) is 33.2 Å². The maximum absolute atomic E-state index is 12.1. The van der Waals surface area contributed by atoms with Crippen molar-refractivity contribution in [1.29, 1.82) is 0 Å². The van der Waals surface area contributed by atoms with E-state index in [1.807, 2.05) is 38.3 Å². The summed E-state index contributed by atoms with van der Waals surface area (Å²) >= 11 is 0. The summed E-state index contributed by atoms with van der Waals surface area (Å²) in [5.41, 5.74) is 0.546. The van der Waals surface area contributed by atoms with E-state index in [0.717, 1.165) is 17.3 Å². The molecule has 0 unspecified atom stereocenters. The summed E-state index contributed by atoms with van der Waals surface area (Å²) in [7, 11) is 0. The zero-order valence-corrected chi connectivity index (χ0v) is 12.8. The van der Waals surface area contributed by atoms with Gasteiger partial charge in [0, 0.05) is 31.0 Å². The Morgan fingerprint density at radius 1 is 1.33 bits per heavy atom. The SMILES string of the molecule is Cc1nnc2c(N3CC(C(=O)NC(C)(C)C)C3)nccn12. The first-order valence-corrected chi connectivity index (χ1v) is 7.08.